The Kier molecular flexibility index (Phi) is 4.97. The highest BCUT2D eigenvalue weighted by Gasteiger charge is 2.14. The number of hydrogen-bond donors (Lipinski definition) is 0. The van der Waals surface area contributed by atoms with Crippen molar-refractivity contribution in [3.05, 3.63) is 63.6 Å². The normalized spacial score (nSPS) is 12.2. The third-order valence-corrected chi connectivity index (χ3v) is 4.90. The molecule has 0 spiro atoms. The van der Waals surface area contributed by atoms with Gasteiger partial charge in [-0.05, 0) is 30.7 Å². The van der Waals surface area contributed by atoms with Crippen LogP contribution < -0.4 is 0 Å². The fourth-order valence-corrected chi connectivity index (χ4v) is 3.18. The second-order valence-electron chi connectivity index (χ2n) is 4.30. The topological polar surface area (TPSA) is 34.1 Å². The maximum Gasteiger partial charge on any atom is 0.175 e. The van der Waals surface area contributed by atoms with Gasteiger partial charge in [0.15, 0.2) is 5.78 Å². The molecule has 0 aliphatic carbocycles. The average Bonchev–Trinajstić information content (AvgIpc) is 2.42. The van der Waals surface area contributed by atoms with E-state index < -0.39 is 10.8 Å². The number of carbonyl (C=O) groups is 1. The summed E-state index contributed by atoms with van der Waals surface area (Å²) in [5.74, 6) is -0.212. The van der Waals surface area contributed by atoms with Crippen LogP contribution in [0.2, 0.25) is 10.0 Å². The van der Waals surface area contributed by atoms with E-state index >= 15 is 0 Å². The zero-order valence-corrected chi connectivity index (χ0v) is 13.1. The molecule has 2 aromatic carbocycles. The van der Waals surface area contributed by atoms with Crippen molar-refractivity contribution in [1.82, 2.24) is 0 Å². The Hall–Kier alpha value is -1.16. The highest BCUT2D eigenvalue weighted by atomic mass is 35.5. The summed E-state index contributed by atoms with van der Waals surface area (Å²) in [5.41, 5.74) is 1.48. The van der Waals surface area contributed by atoms with Crippen LogP contribution in [0.1, 0.15) is 15.9 Å². The van der Waals surface area contributed by atoms with Crippen LogP contribution in [0.15, 0.2) is 47.4 Å². The van der Waals surface area contributed by atoms with Gasteiger partial charge in [0.05, 0.1) is 26.6 Å². The number of carbonyl (C=O) groups excluding carboxylic acids is 1. The number of halogens is 2. The first-order valence-corrected chi connectivity index (χ1v) is 7.99. The van der Waals surface area contributed by atoms with E-state index in [-0.39, 0.29) is 11.5 Å². The Morgan fingerprint density at radius 2 is 1.80 bits per heavy atom. The summed E-state index contributed by atoms with van der Waals surface area (Å²) < 4.78 is 12.2. The van der Waals surface area contributed by atoms with Crippen LogP contribution in [0, 0.1) is 6.92 Å². The van der Waals surface area contributed by atoms with Crippen molar-refractivity contribution < 1.29 is 9.00 Å². The number of hydrogen-bond acceptors (Lipinski definition) is 2. The molecule has 0 heterocycles. The maximum atomic E-state index is 12.2. The van der Waals surface area contributed by atoms with Gasteiger partial charge in [0.25, 0.3) is 0 Å². The molecule has 0 radical (unpaired) electrons. The molecule has 2 nitrogen and oxygen atoms in total. The molecule has 0 aliphatic heterocycles. The van der Waals surface area contributed by atoms with Gasteiger partial charge in [-0.3, -0.25) is 9.00 Å². The summed E-state index contributed by atoms with van der Waals surface area (Å²) in [4.78, 5) is 12.7. The molecule has 2 aromatic rings. The monoisotopic (exact) mass is 326 g/mol. The molecule has 1 unspecified atom stereocenters. The Labute approximate surface area is 130 Å². The summed E-state index contributed by atoms with van der Waals surface area (Å²) in [7, 11) is -1.43. The number of rotatable bonds is 4. The third kappa shape index (κ3) is 3.48. The van der Waals surface area contributed by atoms with Crippen molar-refractivity contribution >= 4 is 39.8 Å². The van der Waals surface area contributed by atoms with Crippen LogP contribution in [-0.4, -0.2) is 15.7 Å². The molecular formula is C15H12Cl2O2S. The molecule has 0 saturated carbocycles. The fraction of sp³-hybridized carbons (Fsp3) is 0.133. The quantitative estimate of drug-likeness (QED) is 0.785. The summed E-state index contributed by atoms with van der Waals surface area (Å²) in [6, 6.07) is 12.0. The van der Waals surface area contributed by atoms with Crippen LogP contribution in [0.5, 0.6) is 0 Å². The largest absolute Gasteiger partial charge is 0.293 e. The highest BCUT2D eigenvalue weighted by molar-refractivity contribution is 7.85. The Morgan fingerprint density at radius 3 is 2.45 bits per heavy atom. The van der Waals surface area contributed by atoms with Gasteiger partial charge in [-0.25, -0.2) is 0 Å². The Bertz CT molecular complexity index is 683. The van der Waals surface area contributed by atoms with E-state index in [1.165, 1.54) is 6.07 Å². The van der Waals surface area contributed by atoms with E-state index in [2.05, 4.69) is 0 Å². The molecule has 0 N–H and O–H groups in total. The molecule has 0 saturated heterocycles. The van der Waals surface area contributed by atoms with Gasteiger partial charge in [-0.1, -0.05) is 47.5 Å². The van der Waals surface area contributed by atoms with E-state index in [0.717, 1.165) is 5.56 Å². The lowest BCUT2D eigenvalue weighted by Crippen LogP contribution is -2.12. The smallest absolute Gasteiger partial charge is 0.175 e. The summed E-state index contributed by atoms with van der Waals surface area (Å²) in [6.45, 7) is 1.86. The lowest BCUT2D eigenvalue weighted by atomic mass is 10.1. The highest BCUT2D eigenvalue weighted by Crippen LogP contribution is 2.24. The van der Waals surface area contributed by atoms with E-state index in [0.29, 0.717) is 20.5 Å². The molecule has 0 bridgehead atoms. The van der Waals surface area contributed by atoms with Crippen molar-refractivity contribution in [2.75, 3.05) is 5.75 Å². The fourth-order valence-electron chi connectivity index (χ4n) is 1.78. The van der Waals surface area contributed by atoms with Gasteiger partial charge < -0.3 is 0 Å². The first-order valence-electron chi connectivity index (χ1n) is 5.91. The standard InChI is InChI=1S/C15H12Cl2O2S/c1-10-4-2-3-5-12(10)15(18)9-20(19)11-6-7-13(16)14(17)8-11/h2-8H,9H2,1H3. The number of Topliss-reactive ketones (excluding diaryl/α,β-unsaturated/α-hetero) is 1. The van der Waals surface area contributed by atoms with Gasteiger partial charge in [-0.15, -0.1) is 0 Å². The molecule has 0 aliphatic rings. The van der Waals surface area contributed by atoms with Crippen molar-refractivity contribution in [2.24, 2.45) is 0 Å². The van der Waals surface area contributed by atoms with Gasteiger partial charge >= 0.3 is 0 Å². The van der Waals surface area contributed by atoms with E-state index in [4.69, 9.17) is 23.2 Å². The summed E-state index contributed by atoms with van der Waals surface area (Å²) >= 11 is 11.7. The molecule has 1 atom stereocenters. The zero-order valence-electron chi connectivity index (χ0n) is 10.7. The van der Waals surface area contributed by atoms with E-state index in [1.807, 2.05) is 19.1 Å². The van der Waals surface area contributed by atoms with E-state index in [1.54, 1.807) is 24.3 Å². The predicted octanol–water partition coefficient (Wildman–Crippen LogP) is 4.29. The van der Waals surface area contributed by atoms with Gasteiger partial charge in [-0.2, -0.15) is 0 Å². The lowest BCUT2D eigenvalue weighted by molar-refractivity contribution is 0.102. The molecule has 0 amide bonds. The minimum absolute atomic E-state index is 0.0667. The van der Waals surface area contributed by atoms with Gasteiger partial charge in [0, 0.05) is 10.5 Å². The van der Waals surface area contributed by atoms with Crippen molar-refractivity contribution in [1.29, 1.82) is 0 Å². The SMILES string of the molecule is Cc1ccccc1C(=O)CS(=O)c1ccc(Cl)c(Cl)c1. The summed E-state index contributed by atoms with van der Waals surface area (Å²) in [6.07, 6.45) is 0. The molecule has 5 heteroatoms. The van der Waals surface area contributed by atoms with Gasteiger partial charge in [0.1, 0.15) is 0 Å². The Balaban J connectivity index is 2.17. The molecule has 0 fully saturated rings. The number of ketones is 1. The second kappa shape index (κ2) is 6.53. The van der Waals surface area contributed by atoms with Crippen molar-refractivity contribution in [3.8, 4) is 0 Å². The minimum atomic E-state index is -1.43. The molecule has 2 rings (SSSR count). The molecule has 104 valence electrons. The molecule has 20 heavy (non-hydrogen) atoms. The lowest BCUT2D eigenvalue weighted by Gasteiger charge is -2.06. The maximum absolute atomic E-state index is 12.2. The third-order valence-electron chi connectivity index (χ3n) is 2.86. The average molecular weight is 327 g/mol. The van der Waals surface area contributed by atoms with Gasteiger partial charge in [0.2, 0.25) is 0 Å². The van der Waals surface area contributed by atoms with Crippen molar-refractivity contribution in [2.45, 2.75) is 11.8 Å². The minimum Gasteiger partial charge on any atom is -0.293 e. The summed E-state index contributed by atoms with van der Waals surface area (Å²) in [5, 5.41) is 0.735. The Morgan fingerprint density at radius 1 is 1.10 bits per heavy atom. The molecular weight excluding hydrogens is 315 g/mol. The second-order valence-corrected chi connectivity index (χ2v) is 6.57. The van der Waals surface area contributed by atoms with Crippen molar-refractivity contribution in [3.63, 3.8) is 0 Å². The molecule has 0 aromatic heterocycles. The van der Waals surface area contributed by atoms with E-state index in [9.17, 15) is 9.00 Å². The predicted molar refractivity (Wildman–Crippen MR) is 83.2 cm³/mol. The zero-order chi connectivity index (χ0) is 14.7. The van der Waals surface area contributed by atoms with Crippen LogP contribution in [0.25, 0.3) is 0 Å². The van der Waals surface area contributed by atoms with Crippen LogP contribution in [0.4, 0.5) is 0 Å². The number of benzene rings is 2. The van der Waals surface area contributed by atoms with Crippen LogP contribution in [0.3, 0.4) is 0 Å². The van der Waals surface area contributed by atoms with Crippen LogP contribution >= 0.6 is 23.2 Å². The number of aryl methyl sites for hydroxylation is 1. The first-order chi connectivity index (χ1) is 9.49. The van der Waals surface area contributed by atoms with Crippen LogP contribution in [-0.2, 0) is 10.8 Å². The first kappa shape index (κ1) is 15.2.